The molecule has 92 valence electrons. The second-order valence-corrected chi connectivity index (χ2v) is 7.02. The molecule has 0 spiro atoms. The van der Waals surface area contributed by atoms with Crippen LogP contribution >= 0.6 is 0 Å². The molecule has 0 amide bonds. The summed E-state index contributed by atoms with van der Waals surface area (Å²) < 4.78 is 42.8. The van der Waals surface area contributed by atoms with Crippen molar-refractivity contribution < 1.29 is 21.9 Å². The Hall–Kier alpha value is -0.600. The van der Waals surface area contributed by atoms with Gasteiger partial charge in [0.05, 0.1) is 18.6 Å². The number of rotatable bonds is 4. The summed E-state index contributed by atoms with van der Waals surface area (Å²) in [6.45, 7) is 4.66. The van der Waals surface area contributed by atoms with Crippen LogP contribution in [0, 0.1) is 0 Å². The molecular weight excluding hydrogens is 242 g/mol. The Bertz CT molecular complexity index is 382. The van der Waals surface area contributed by atoms with E-state index in [1.165, 1.54) is 0 Å². The van der Waals surface area contributed by atoms with E-state index in [-0.39, 0.29) is 12.4 Å². The molecule has 0 fully saturated rings. The molecule has 0 radical (unpaired) electrons. The van der Waals surface area contributed by atoms with Gasteiger partial charge in [-0.2, -0.15) is 0 Å². The predicted octanol–water partition coefficient (Wildman–Crippen LogP) is -0.907. The first kappa shape index (κ1) is 16.8. The van der Waals surface area contributed by atoms with Crippen molar-refractivity contribution in [1.82, 2.24) is 4.72 Å². The number of allylic oxidation sites excluding steroid dienone is 1. The Kier molecular flexibility index (Phi) is 7.63. The van der Waals surface area contributed by atoms with Gasteiger partial charge in [0.1, 0.15) is 9.84 Å². The number of hydrogen-bond donors (Lipinski definition) is 2. The Balaban J connectivity index is 0. The molecule has 0 rings (SSSR count). The van der Waals surface area contributed by atoms with Gasteiger partial charge in [-0.1, -0.05) is 6.58 Å². The van der Waals surface area contributed by atoms with E-state index in [0.29, 0.717) is 5.70 Å². The van der Waals surface area contributed by atoms with Crippen LogP contribution in [0.4, 0.5) is 0 Å². The molecule has 0 aromatic carbocycles. The van der Waals surface area contributed by atoms with Crippen molar-refractivity contribution in [1.29, 1.82) is 0 Å². The molecule has 0 aliphatic rings. The van der Waals surface area contributed by atoms with Crippen LogP contribution < -0.4 is 4.72 Å². The molecule has 6 nitrogen and oxygen atoms in total. The molecule has 0 saturated carbocycles. The maximum atomic E-state index is 10.3. The van der Waals surface area contributed by atoms with E-state index < -0.39 is 19.9 Å². The fourth-order valence-corrected chi connectivity index (χ4v) is 1.45. The molecule has 0 saturated heterocycles. The average Bonchev–Trinajstić information content (AvgIpc) is 1.77. The topological polar surface area (TPSA) is 101 Å². The van der Waals surface area contributed by atoms with Gasteiger partial charge in [0, 0.05) is 12.0 Å². The van der Waals surface area contributed by atoms with Gasteiger partial charge < -0.3 is 5.11 Å². The average molecular weight is 259 g/mol. The summed E-state index contributed by atoms with van der Waals surface area (Å²) in [4.78, 5) is 0. The van der Waals surface area contributed by atoms with Gasteiger partial charge in [-0.15, -0.1) is 0 Å². The number of nitrogens with one attached hydrogen (secondary N) is 1. The number of aliphatic hydroxyl groups is 1. The molecule has 0 unspecified atom stereocenters. The molecule has 0 aromatic rings. The molecule has 0 heterocycles. The van der Waals surface area contributed by atoms with Gasteiger partial charge in [-0.25, -0.2) is 16.8 Å². The number of sulfonamides is 1. The molecular formula is C7H17NO5S2. The van der Waals surface area contributed by atoms with E-state index in [1.807, 2.05) is 0 Å². The first-order valence-corrected chi connectivity index (χ1v) is 7.85. The zero-order valence-electron chi connectivity index (χ0n) is 9.02. The highest BCUT2D eigenvalue weighted by Gasteiger charge is 1.96. The van der Waals surface area contributed by atoms with E-state index in [4.69, 9.17) is 5.11 Å². The summed E-state index contributed by atoms with van der Waals surface area (Å²) >= 11 is 0. The zero-order valence-corrected chi connectivity index (χ0v) is 10.7. The monoisotopic (exact) mass is 259 g/mol. The van der Waals surface area contributed by atoms with Crippen molar-refractivity contribution in [3.05, 3.63) is 12.3 Å². The second kappa shape index (κ2) is 6.81. The van der Waals surface area contributed by atoms with Crippen LogP contribution in [0.25, 0.3) is 0 Å². The van der Waals surface area contributed by atoms with Crippen molar-refractivity contribution >= 4 is 19.9 Å². The van der Waals surface area contributed by atoms with Gasteiger partial charge in [-0.05, 0) is 6.92 Å². The lowest BCUT2D eigenvalue weighted by molar-refractivity contribution is 0.320. The first-order chi connectivity index (χ1) is 6.48. The van der Waals surface area contributed by atoms with Crippen LogP contribution in [0.3, 0.4) is 0 Å². The lowest BCUT2D eigenvalue weighted by Gasteiger charge is -1.98. The third-order valence-corrected chi connectivity index (χ3v) is 2.47. The van der Waals surface area contributed by atoms with E-state index in [2.05, 4.69) is 11.3 Å². The maximum absolute atomic E-state index is 10.3. The van der Waals surface area contributed by atoms with Crippen molar-refractivity contribution in [2.45, 2.75) is 6.92 Å². The highest BCUT2D eigenvalue weighted by Crippen LogP contribution is 1.81. The second-order valence-electron chi connectivity index (χ2n) is 3.01. The van der Waals surface area contributed by atoms with Gasteiger partial charge in [0.2, 0.25) is 10.0 Å². The lowest BCUT2D eigenvalue weighted by atomic mass is 10.6. The Morgan fingerprint density at radius 3 is 1.67 bits per heavy atom. The third-order valence-electron chi connectivity index (χ3n) is 0.822. The summed E-state index contributed by atoms with van der Waals surface area (Å²) in [6.07, 6.45) is 2.17. The van der Waals surface area contributed by atoms with Gasteiger partial charge in [-0.3, -0.25) is 4.72 Å². The summed E-state index contributed by atoms with van der Waals surface area (Å²) in [7, 11) is -6.00. The van der Waals surface area contributed by atoms with Crippen molar-refractivity contribution in [3.8, 4) is 0 Å². The van der Waals surface area contributed by atoms with Crippen LogP contribution in [-0.2, 0) is 19.9 Å². The SMILES string of the molecule is C=C(C)NS(C)(=O)=O.CS(=O)(=O)CCO. The van der Waals surface area contributed by atoms with Gasteiger partial charge in [0.25, 0.3) is 0 Å². The Labute approximate surface area is 91.0 Å². The highest BCUT2D eigenvalue weighted by atomic mass is 32.2. The minimum absolute atomic E-state index is 0.132. The van der Waals surface area contributed by atoms with E-state index in [1.54, 1.807) is 6.92 Å². The number of aliphatic hydroxyl groups excluding tert-OH is 1. The van der Waals surface area contributed by atoms with Crippen molar-refractivity contribution in [3.63, 3.8) is 0 Å². The molecule has 8 heteroatoms. The summed E-state index contributed by atoms with van der Waals surface area (Å²) in [5, 5.41) is 8.02. The predicted molar refractivity (Wildman–Crippen MR) is 59.6 cm³/mol. The molecule has 0 atom stereocenters. The Morgan fingerprint density at radius 1 is 1.27 bits per heavy atom. The molecule has 0 aromatic heterocycles. The highest BCUT2D eigenvalue weighted by molar-refractivity contribution is 7.90. The largest absolute Gasteiger partial charge is 0.395 e. The van der Waals surface area contributed by atoms with E-state index >= 15 is 0 Å². The molecule has 0 aliphatic carbocycles. The normalized spacial score (nSPS) is 11.2. The molecule has 0 aliphatic heterocycles. The minimum Gasteiger partial charge on any atom is -0.395 e. The fraction of sp³-hybridized carbons (Fsp3) is 0.714. The fourth-order valence-electron chi connectivity index (χ4n) is 0.482. The summed E-state index contributed by atoms with van der Waals surface area (Å²) in [5.41, 5.74) is 0.438. The summed E-state index contributed by atoms with van der Waals surface area (Å²) in [5.74, 6) is -0.132. The van der Waals surface area contributed by atoms with Gasteiger partial charge in [0.15, 0.2) is 0 Å². The maximum Gasteiger partial charge on any atom is 0.229 e. The zero-order chi connectivity index (χ0) is 12.7. The van der Waals surface area contributed by atoms with Crippen LogP contribution in [0.5, 0.6) is 0 Å². The van der Waals surface area contributed by atoms with Crippen LogP contribution in [0.1, 0.15) is 6.92 Å². The molecule has 0 bridgehead atoms. The number of hydrogen-bond acceptors (Lipinski definition) is 5. The molecule has 15 heavy (non-hydrogen) atoms. The van der Waals surface area contributed by atoms with E-state index in [9.17, 15) is 16.8 Å². The van der Waals surface area contributed by atoms with E-state index in [0.717, 1.165) is 12.5 Å². The van der Waals surface area contributed by atoms with Crippen molar-refractivity contribution in [2.75, 3.05) is 24.9 Å². The Morgan fingerprint density at radius 2 is 1.67 bits per heavy atom. The standard InChI is InChI=1S/C4H9NO2S.C3H8O3S/c1-4(2)5-8(3,6)7;1-7(5,6)3-2-4/h5H,1H2,2-3H3;4H,2-3H2,1H3. The van der Waals surface area contributed by atoms with Crippen molar-refractivity contribution in [2.24, 2.45) is 0 Å². The summed E-state index contributed by atoms with van der Waals surface area (Å²) in [6, 6.07) is 0. The molecule has 2 N–H and O–H groups in total. The third kappa shape index (κ3) is 24.7. The smallest absolute Gasteiger partial charge is 0.229 e. The lowest BCUT2D eigenvalue weighted by Crippen LogP contribution is -2.18. The minimum atomic E-state index is -3.07. The van der Waals surface area contributed by atoms with Gasteiger partial charge >= 0.3 is 0 Å². The number of sulfone groups is 1. The quantitative estimate of drug-likeness (QED) is 0.681. The first-order valence-electron chi connectivity index (χ1n) is 3.90. The van der Waals surface area contributed by atoms with Crippen LogP contribution in [0.15, 0.2) is 12.3 Å². The van der Waals surface area contributed by atoms with Crippen LogP contribution in [0.2, 0.25) is 0 Å². The van der Waals surface area contributed by atoms with Crippen LogP contribution in [-0.4, -0.2) is 46.8 Å².